The summed E-state index contributed by atoms with van der Waals surface area (Å²) in [7, 11) is 2.86. The van der Waals surface area contributed by atoms with Crippen LogP contribution in [0, 0.1) is 17.8 Å². The van der Waals surface area contributed by atoms with Gasteiger partial charge in [-0.2, -0.15) is 0 Å². The van der Waals surface area contributed by atoms with Crippen LogP contribution in [0.5, 0.6) is 17.2 Å². The largest absolute Gasteiger partial charge is 0.508 e. The third-order valence-corrected chi connectivity index (χ3v) is 14.4. The molecule has 87 heavy (non-hydrogen) atoms. The summed E-state index contributed by atoms with van der Waals surface area (Å²) in [4.78, 5) is 160. The number of aromatic hydroxyl groups is 1. The maximum Gasteiger partial charge on any atom is 0.317 e. The van der Waals surface area contributed by atoms with Gasteiger partial charge >= 0.3 is 11.9 Å². The molecule has 7 atom stereocenters. The van der Waals surface area contributed by atoms with Crippen molar-refractivity contribution in [2.45, 2.75) is 139 Å². The number of amides is 10. The second kappa shape index (κ2) is 36.8. The third-order valence-electron chi connectivity index (χ3n) is 13.2. The summed E-state index contributed by atoms with van der Waals surface area (Å²) in [5, 5.41) is 51.4. The van der Waals surface area contributed by atoms with Gasteiger partial charge < -0.3 is 78.4 Å². The number of carboxylic acid groups (broad SMARTS) is 2. The van der Waals surface area contributed by atoms with Crippen molar-refractivity contribution in [2.24, 2.45) is 23.5 Å². The number of phenolic OH excluding ortho intramolecular Hbond substituents is 1. The fourth-order valence-corrected chi connectivity index (χ4v) is 9.52. The Balaban J connectivity index is 1.92. The second-order valence-corrected chi connectivity index (χ2v) is 22.7. The summed E-state index contributed by atoms with van der Waals surface area (Å²) in [6, 6.07) is 10.0. The van der Waals surface area contributed by atoms with Gasteiger partial charge in [0, 0.05) is 36.3 Å². The van der Waals surface area contributed by atoms with Crippen molar-refractivity contribution < 1.29 is 82.3 Å². The molecule has 0 aromatic heterocycles. The fourth-order valence-electron chi connectivity index (χ4n) is 8.53. The first-order valence-corrected chi connectivity index (χ1v) is 29.1. The van der Waals surface area contributed by atoms with Crippen molar-refractivity contribution in [1.82, 2.24) is 47.9 Å². The molecule has 10 amide bonds. The Hall–Kier alpha value is -8.95. The predicted molar refractivity (Wildman–Crippen MR) is 319 cm³/mol. The Labute approximate surface area is 508 Å². The molecule has 0 unspecified atom stereocenters. The number of hydrogen-bond acceptors (Lipinski definition) is 16. The standard InChI is InChI=1S/C59H82N10O17S/c1-32(2)26-41(67-58(82)51(34(5)6)69-48(73)30-62-53(77)36-14-10-9-11-15-36)57(81)64-39(16-12-13-25-61-46(71)29-45(59(83)84)87-38-21-23-43(85-7)44(28-38)86-8)55(79)65-40(22-24-49(74)75)56(80)66-42(27-35-17-19-37(70)20-18-35)54(78)63-31-47(72)68-50(33(3)4)52(60)76/h9-11,14-15,17-21,23,28,32-34,39-42,45,50-51,70H,12-13,16,22,24-27,29-31H2,1-8H3,(H2,60,76)(H,61,71)(H,62,77)(H,63,78)(H,64,81)(H,65,79)(H,66,80)(H,67,82)(H,68,72)(H,69,73)(H,74,75)(H,83,84)/t39-,40-,41-,42-,45-,50-,51-/m0/s1. The first-order chi connectivity index (χ1) is 41.1. The van der Waals surface area contributed by atoms with Gasteiger partial charge in [-0.05, 0) is 97.9 Å². The van der Waals surface area contributed by atoms with Crippen LogP contribution in [0.25, 0.3) is 0 Å². The highest BCUT2D eigenvalue weighted by molar-refractivity contribution is 8.00. The van der Waals surface area contributed by atoms with E-state index < -0.39 is 157 Å². The molecule has 476 valence electrons. The molecule has 0 saturated heterocycles. The van der Waals surface area contributed by atoms with Crippen LogP contribution in [0.1, 0.15) is 102 Å². The molecule has 14 N–H and O–H groups in total. The number of rotatable bonds is 38. The molecular weight excluding hydrogens is 1150 g/mol. The minimum atomic E-state index is -1.70. The van der Waals surface area contributed by atoms with Gasteiger partial charge in [-0.3, -0.25) is 57.5 Å². The predicted octanol–water partition coefficient (Wildman–Crippen LogP) is 1.04. The zero-order valence-corrected chi connectivity index (χ0v) is 50.8. The molecule has 0 bridgehead atoms. The average Bonchev–Trinajstić information content (AvgIpc) is 3.66. The number of nitrogens with one attached hydrogen (secondary N) is 9. The summed E-state index contributed by atoms with van der Waals surface area (Å²) >= 11 is 0.914. The van der Waals surface area contributed by atoms with Gasteiger partial charge in [0.05, 0.1) is 27.3 Å². The lowest BCUT2D eigenvalue weighted by atomic mass is 9.99. The molecule has 0 spiro atoms. The number of phenols is 1. The van der Waals surface area contributed by atoms with E-state index in [0.717, 1.165) is 11.8 Å². The summed E-state index contributed by atoms with van der Waals surface area (Å²) in [6.45, 7) is 8.89. The second-order valence-electron chi connectivity index (χ2n) is 21.4. The van der Waals surface area contributed by atoms with E-state index in [1.165, 1.54) is 38.5 Å². The van der Waals surface area contributed by atoms with Gasteiger partial charge in [0.2, 0.25) is 53.2 Å². The lowest BCUT2D eigenvalue weighted by molar-refractivity contribution is -0.139. The highest BCUT2D eigenvalue weighted by Crippen LogP contribution is 2.34. The Bertz CT molecular complexity index is 2860. The van der Waals surface area contributed by atoms with E-state index in [4.69, 9.17) is 15.2 Å². The number of nitrogens with two attached hydrogens (primary N) is 1. The smallest absolute Gasteiger partial charge is 0.317 e. The van der Waals surface area contributed by atoms with Crippen LogP contribution in [-0.4, -0.2) is 162 Å². The van der Waals surface area contributed by atoms with Gasteiger partial charge in [-0.15, -0.1) is 11.8 Å². The Morgan fingerprint density at radius 2 is 1.11 bits per heavy atom. The van der Waals surface area contributed by atoms with Crippen LogP contribution in [0.2, 0.25) is 0 Å². The SMILES string of the molecule is COc1ccc(S[C@@H](CC(=O)NCCCC[C@H](NC(=O)[C@H](CC(C)C)NC(=O)[C@@H](NC(=O)CNC(=O)c2ccccc2)C(C)C)C(=O)N[C@@H](CCC(=O)O)C(=O)N[C@@H](Cc2ccc(O)cc2)C(=O)NCC(=O)N[C@H](C(N)=O)C(C)C)C(=O)O)cc1OC. The lowest BCUT2D eigenvalue weighted by Gasteiger charge is -2.28. The van der Waals surface area contributed by atoms with E-state index in [1.54, 1.807) is 90.1 Å². The minimum Gasteiger partial charge on any atom is -0.508 e. The van der Waals surface area contributed by atoms with Crippen LogP contribution in [-0.2, 0) is 59.2 Å². The number of unbranched alkanes of at least 4 members (excludes halogenated alkanes) is 1. The summed E-state index contributed by atoms with van der Waals surface area (Å²) < 4.78 is 10.6. The van der Waals surface area contributed by atoms with Crippen molar-refractivity contribution in [3.8, 4) is 17.2 Å². The molecule has 3 aromatic rings. The first-order valence-electron chi connectivity index (χ1n) is 28.2. The molecule has 27 nitrogen and oxygen atoms in total. The molecule has 0 radical (unpaired) electrons. The van der Waals surface area contributed by atoms with E-state index >= 15 is 0 Å². The molecule has 3 aromatic carbocycles. The van der Waals surface area contributed by atoms with Gasteiger partial charge in [0.25, 0.3) is 5.91 Å². The quantitative estimate of drug-likeness (QED) is 0.0281. The maximum atomic E-state index is 14.6. The zero-order chi connectivity index (χ0) is 64.9. The van der Waals surface area contributed by atoms with Gasteiger partial charge in [-0.25, -0.2) is 0 Å². The Kier molecular flexibility index (Phi) is 30.6. The Morgan fingerprint density at radius 1 is 0.563 bits per heavy atom. The highest BCUT2D eigenvalue weighted by Gasteiger charge is 2.35. The van der Waals surface area contributed by atoms with Crippen molar-refractivity contribution >= 4 is 82.8 Å². The van der Waals surface area contributed by atoms with Crippen LogP contribution in [0.3, 0.4) is 0 Å². The normalized spacial score (nSPS) is 13.4. The number of carboxylic acids is 2. The third kappa shape index (κ3) is 26.1. The number of methoxy groups -OCH3 is 2. The van der Waals surface area contributed by atoms with Crippen LogP contribution in [0.4, 0.5) is 0 Å². The number of aliphatic carboxylic acids is 2. The summed E-state index contributed by atoms with van der Waals surface area (Å²) in [5.41, 5.74) is 6.14. The summed E-state index contributed by atoms with van der Waals surface area (Å²) in [5.74, 6) is -11.3. The fraction of sp³-hybridized carbons (Fsp3) is 0.492. The monoisotopic (exact) mass is 1230 g/mol. The number of primary amides is 1. The van der Waals surface area contributed by atoms with Crippen LogP contribution in [0.15, 0.2) is 77.7 Å². The molecular formula is C59H82N10O17S. The van der Waals surface area contributed by atoms with E-state index in [1.807, 2.05) is 0 Å². The molecule has 0 aliphatic rings. The topological polar surface area (TPSA) is 418 Å². The van der Waals surface area contributed by atoms with Crippen molar-refractivity contribution in [1.29, 1.82) is 0 Å². The molecule has 0 aliphatic carbocycles. The van der Waals surface area contributed by atoms with E-state index in [9.17, 15) is 72.9 Å². The van der Waals surface area contributed by atoms with Crippen LogP contribution >= 0.6 is 11.8 Å². The molecule has 28 heteroatoms. The van der Waals surface area contributed by atoms with E-state index in [2.05, 4.69) is 47.9 Å². The van der Waals surface area contributed by atoms with Gasteiger partial charge in [0.1, 0.15) is 47.3 Å². The van der Waals surface area contributed by atoms with E-state index in [-0.39, 0.29) is 50.3 Å². The number of hydrogen-bond donors (Lipinski definition) is 13. The van der Waals surface area contributed by atoms with E-state index in [0.29, 0.717) is 27.5 Å². The van der Waals surface area contributed by atoms with Gasteiger partial charge in [-0.1, -0.05) is 71.9 Å². The number of ether oxygens (including phenoxy) is 2. The number of carbonyl (C=O) groups is 12. The average molecular weight is 1240 g/mol. The molecule has 0 aliphatic heterocycles. The Morgan fingerprint density at radius 3 is 1.67 bits per heavy atom. The molecule has 0 heterocycles. The first kappa shape index (κ1) is 72.3. The van der Waals surface area contributed by atoms with Crippen LogP contribution < -0.4 is 63.1 Å². The lowest BCUT2D eigenvalue weighted by Crippen LogP contribution is -2.60. The number of benzene rings is 3. The number of thioether (sulfide) groups is 1. The maximum absolute atomic E-state index is 14.6. The summed E-state index contributed by atoms with van der Waals surface area (Å²) in [6.07, 6.45) is -1.90. The number of carbonyl (C=O) groups excluding carboxylic acids is 10. The zero-order valence-electron chi connectivity index (χ0n) is 50.0. The molecule has 0 saturated carbocycles. The highest BCUT2D eigenvalue weighted by atomic mass is 32.2. The molecule has 3 rings (SSSR count). The molecule has 0 fully saturated rings. The van der Waals surface area contributed by atoms with Crippen molar-refractivity contribution in [2.75, 3.05) is 33.9 Å². The van der Waals surface area contributed by atoms with Gasteiger partial charge in [0.15, 0.2) is 11.5 Å². The van der Waals surface area contributed by atoms with Crippen molar-refractivity contribution in [3.05, 3.63) is 83.9 Å². The van der Waals surface area contributed by atoms with Crippen molar-refractivity contribution in [3.63, 3.8) is 0 Å². The minimum absolute atomic E-state index is 0.00467.